The lowest BCUT2D eigenvalue weighted by Gasteiger charge is -2.34. The third-order valence-electron chi connectivity index (χ3n) is 6.02. The molecule has 0 aliphatic carbocycles. The molecule has 3 aliphatic rings. The number of ether oxygens (including phenoxy) is 1. The monoisotopic (exact) mass is 488 g/mol. The van der Waals surface area contributed by atoms with Crippen LogP contribution in [0.3, 0.4) is 0 Å². The highest BCUT2D eigenvalue weighted by Gasteiger charge is 2.40. The number of Topliss-reactive ketones (excluding diaryl/α,β-unsaturated/α-hetero) is 1. The van der Waals surface area contributed by atoms with Crippen molar-refractivity contribution in [2.45, 2.75) is 56.7 Å². The Morgan fingerprint density at radius 2 is 1.29 bits per heavy atom. The average Bonchev–Trinajstić information content (AvgIpc) is 2.86. The molecule has 0 aromatic carbocycles. The summed E-state index contributed by atoms with van der Waals surface area (Å²) in [5, 5.41) is 33.2. The molecule has 0 unspecified atom stereocenters. The van der Waals surface area contributed by atoms with Crippen LogP contribution < -0.4 is 0 Å². The Morgan fingerprint density at radius 3 is 1.68 bits per heavy atom. The van der Waals surface area contributed by atoms with Crippen molar-refractivity contribution in [2.24, 2.45) is 0 Å². The molecule has 3 heterocycles. The quantitative estimate of drug-likeness (QED) is 0.398. The molecule has 12 heteroatoms. The first-order valence-electron chi connectivity index (χ1n) is 11.6. The van der Waals surface area contributed by atoms with E-state index >= 15 is 0 Å². The van der Waals surface area contributed by atoms with Gasteiger partial charge < -0.3 is 29.5 Å². The second-order valence-corrected chi connectivity index (χ2v) is 8.27. The molecule has 0 aromatic rings. The lowest BCUT2D eigenvalue weighted by atomic mass is 9.92. The molecule has 0 radical (unpaired) electrons. The molecule has 3 aliphatic heterocycles. The van der Waals surface area contributed by atoms with E-state index in [1.54, 1.807) is 43.4 Å². The first-order chi connectivity index (χ1) is 16.1. The Labute approximate surface area is 201 Å². The summed E-state index contributed by atoms with van der Waals surface area (Å²) >= 11 is 0. The van der Waals surface area contributed by atoms with Crippen molar-refractivity contribution in [3.8, 4) is 6.07 Å². The van der Waals surface area contributed by atoms with Gasteiger partial charge in [0.2, 0.25) is 0 Å². The number of esters is 1. The Bertz CT molecular complexity index is 646. The van der Waals surface area contributed by atoms with E-state index in [9.17, 15) is 19.8 Å². The van der Waals surface area contributed by atoms with Gasteiger partial charge in [0.1, 0.15) is 5.78 Å². The molecule has 3 rings (SSSR count). The Balaban J connectivity index is 0.000000262. The molecule has 0 saturated carbocycles. The molecule has 196 valence electrons. The van der Waals surface area contributed by atoms with E-state index in [-0.39, 0.29) is 0 Å². The standard InChI is InChI=1S/C9H17NO4.C7H12N2O2.C6H11NO2/c1-3-14-8(11)9(12)4-6-10(13-2)7-5-9;1-11-9-4-2-7(10,6-8)3-5-9;1-9-7-4-2-6(8)3-5-7/h12H,3-7H2,1-2H3;10H,2-5H2,1H3;2-5H2,1H3. The molecule has 34 heavy (non-hydrogen) atoms. The minimum Gasteiger partial charge on any atom is -0.464 e. The number of hydroxylamine groups is 6. The van der Waals surface area contributed by atoms with E-state index in [0.717, 1.165) is 13.1 Å². The number of ketones is 1. The van der Waals surface area contributed by atoms with Crippen LogP contribution in [0.5, 0.6) is 0 Å². The molecule has 0 aromatic heterocycles. The van der Waals surface area contributed by atoms with Crippen LogP contribution in [-0.2, 0) is 28.8 Å². The van der Waals surface area contributed by atoms with Gasteiger partial charge in [0, 0.05) is 77.8 Å². The number of aliphatic hydroxyl groups is 2. The zero-order chi connectivity index (χ0) is 25.6. The van der Waals surface area contributed by atoms with Crippen molar-refractivity contribution in [3.05, 3.63) is 0 Å². The highest BCUT2D eigenvalue weighted by atomic mass is 16.7. The van der Waals surface area contributed by atoms with E-state index in [0.29, 0.717) is 77.1 Å². The maximum absolute atomic E-state index is 11.4. The highest BCUT2D eigenvalue weighted by Crippen LogP contribution is 2.23. The summed E-state index contributed by atoms with van der Waals surface area (Å²) < 4.78 is 4.80. The second-order valence-electron chi connectivity index (χ2n) is 8.27. The maximum Gasteiger partial charge on any atom is 0.338 e. The van der Waals surface area contributed by atoms with E-state index in [1.165, 1.54) is 0 Å². The fourth-order valence-corrected chi connectivity index (χ4v) is 3.58. The van der Waals surface area contributed by atoms with Crippen LogP contribution in [0.4, 0.5) is 0 Å². The van der Waals surface area contributed by atoms with Gasteiger partial charge in [0.15, 0.2) is 11.2 Å². The number of rotatable bonds is 5. The van der Waals surface area contributed by atoms with Crippen LogP contribution in [0.2, 0.25) is 0 Å². The summed E-state index contributed by atoms with van der Waals surface area (Å²) in [7, 11) is 4.81. The molecule has 0 spiro atoms. The molecule has 2 N–H and O–H groups in total. The van der Waals surface area contributed by atoms with Crippen LogP contribution in [-0.4, -0.2) is 116 Å². The zero-order valence-corrected chi connectivity index (χ0v) is 20.8. The summed E-state index contributed by atoms with van der Waals surface area (Å²) in [6.45, 7) is 5.89. The molecular weight excluding hydrogens is 448 g/mol. The second kappa shape index (κ2) is 15.3. The van der Waals surface area contributed by atoms with Crippen LogP contribution >= 0.6 is 0 Å². The highest BCUT2D eigenvalue weighted by molar-refractivity contribution is 5.79. The predicted octanol–water partition coefficient (Wildman–Crippen LogP) is 0.0488. The predicted molar refractivity (Wildman–Crippen MR) is 121 cm³/mol. The number of hydrogen-bond acceptors (Lipinski definition) is 12. The van der Waals surface area contributed by atoms with Gasteiger partial charge in [-0.2, -0.15) is 20.5 Å². The number of piperidine rings is 3. The fourth-order valence-electron chi connectivity index (χ4n) is 3.58. The van der Waals surface area contributed by atoms with Crippen LogP contribution in [0, 0.1) is 11.3 Å². The van der Waals surface area contributed by atoms with Crippen molar-refractivity contribution < 1.29 is 39.1 Å². The van der Waals surface area contributed by atoms with Gasteiger partial charge in [-0.05, 0) is 6.92 Å². The molecule has 3 saturated heterocycles. The smallest absolute Gasteiger partial charge is 0.338 e. The fraction of sp³-hybridized carbons (Fsp3) is 0.864. The number of carbonyl (C=O) groups is 2. The van der Waals surface area contributed by atoms with Gasteiger partial charge in [0.25, 0.3) is 0 Å². The number of nitriles is 1. The Hall–Kier alpha value is -1.69. The van der Waals surface area contributed by atoms with Gasteiger partial charge in [0.05, 0.1) is 34.0 Å². The van der Waals surface area contributed by atoms with Crippen molar-refractivity contribution >= 4 is 11.8 Å². The van der Waals surface area contributed by atoms with Gasteiger partial charge in [-0.25, -0.2) is 4.79 Å². The maximum atomic E-state index is 11.4. The summed E-state index contributed by atoms with van der Waals surface area (Å²) in [5.74, 6) is -0.168. The lowest BCUT2D eigenvalue weighted by Crippen LogP contribution is -2.49. The minimum atomic E-state index is -1.31. The summed E-state index contributed by atoms with van der Waals surface area (Å²) in [5.41, 5.74) is -2.43. The van der Waals surface area contributed by atoms with Gasteiger partial charge in [-0.3, -0.25) is 4.79 Å². The lowest BCUT2D eigenvalue weighted by molar-refractivity contribution is -0.193. The minimum absolute atomic E-state index is 0.301. The van der Waals surface area contributed by atoms with Crippen LogP contribution in [0.15, 0.2) is 0 Å². The SMILES string of the molecule is CCOC(=O)C1(O)CCN(OC)CC1.CON1CCC(=O)CC1.CON1CCC(O)(C#N)CC1. The summed E-state index contributed by atoms with van der Waals surface area (Å²) in [6, 6.07) is 1.90. The van der Waals surface area contributed by atoms with Gasteiger partial charge in [-0.15, -0.1) is 0 Å². The molecule has 3 fully saturated rings. The topological polar surface area (TPSA) is 145 Å². The molecule has 0 amide bonds. The van der Waals surface area contributed by atoms with Crippen molar-refractivity contribution in [3.63, 3.8) is 0 Å². The molecule has 12 nitrogen and oxygen atoms in total. The van der Waals surface area contributed by atoms with E-state index in [4.69, 9.17) is 24.5 Å². The molecular formula is C22H40N4O8. The zero-order valence-electron chi connectivity index (χ0n) is 20.8. The summed E-state index contributed by atoms with van der Waals surface area (Å²) in [6.07, 6.45) is 2.95. The van der Waals surface area contributed by atoms with E-state index in [2.05, 4.69) is 0 Å². The largest absolute Gasteiger partial charge is 0.464 e. The van der Waals surface area contributed by atoms with Crippen molar-refractivity contribution in [1.82, 2.24) is 15.2 Å². The first kappa shape index (κ1) is 30.3. The number of carbonyl (C=O) groups excluding carboxylic acids is 2. The first-order valence-corrected chi connectivity index (χ1v) is 11.6. The van der Waals surface area contributed by atoms with Gasteiger partial charge >= 0.3 is 5.97 Å². The Morgan fingerprint density at radius 1 is 0.882 bits per heavy atom. The Kier molecular flexibility index (Phi) is 13.7. The molecule has 0 bridgehead atoms. The van der Waals surface area contributed by atoms with Gasteiger partial charge in [-0.1, -0.05) is 0 Å². The number of nitrogens with zero attached hydrogens (tertiary/aromatic N) is 4. The van der Waals surface area contributed by atoms with Crippen LogP contribution in [0.25, 0.3) is 0 Å². The van der Waals surface area contributed by atoms with E-state index < -0.39 is 17.2 Å². The summed E-state index contributed by atoms with van der Waals surface area (Å²) in [4.78, 5) is 36.9. The third-order valence-corrected chi connectivity index (χ3v) is 6.02. The van der Waals surface area contributed by atoms with E-state index in [1.807, 2.05) is 6.07 Å². The average molecular weight is 489 g/mol. The molecule has 0 atom stereocenters. The third kappa shape index (κ3) is 10.3. The van der Waals surface area contributed by atoms with Crippen molar-refractivity contribution in [2.75, 3.05) is 67.2 Å². The number of hydrogen-bond donors (Lipinski definition) is 2. The van der Waals surface area contributed by atoms with Crippen molar-refractivity contribution in [1.29, 1.82) is 5.26 Å². The van der Waals surface area contributed by atoms with Crippen LogP contribution in [0.1, 0.15) is 45.4 Å². The normalized spacial score (nSPS) is 22.9.